The summed E-state index contributed by atoms with van der Waals surface area (Å²) < 4.78 is 0. The number of aromatic nitrogens is 1. The Balaban J connectivity index is 1.69. The van der Waals surface area contributed by atoms with Crippen LogP contribution in [0, 0.1) is 13.8 Å². The van der Waals surface area contributed by atoms with E-state index in [1.54, 1.807) is 0 Å². The van der Waals surface area contributed by atoms with E-state index in [9.17, 15) is 0 Å². The minimum absolute atomic E-state index is 1.04. The first-order valence-electron chi connectivity index (χ1n) is 11.0. The summed E-state index contributed by atoms with van der Waals surface area (Å²) in [4.78, 5) is 7.23. The van der Waals surface area contributed by atoms with E-state index in [2.05, 4.69) is 85.5 Å². The molecule has 2 heterocycles. The monoisotopic (exact) mass is 392 g/mol. The fourth-order valence-corrected chi connectivity index (χ4v) is 4.89. The van der Waals surface area contributed by atoms with E-state index in [0.29, 0.717) is 0 Å². The number of hydrogen-bond donors (Lipinski definition) is 0. The van der Waals surface area contributed by atoms with Gasteiger partial charge in [-0.3, -0.25) is 0 Å². The average Bonchev–Trinajstić information content (AvgIpc) is 3.40. The van der Waals surface area contributed by atoms with Crippen molar-refractivity contribution < 1.29 is 0 Å². The van der Waals surface area contributed by atoms with Crippen LogP contribution in [0.3, 0.4) is 0 Å². The molecule has 2 heteroatoms. The number of anilines is 1. The normalized spacial score (nSPS) is 16.3. The van der Waals surface area contributed by atoms with Crippen molar-refractivity contribution in [3.05, 3.63) is 106 Å². The molecule has 5 rings (SSSR count). The van der Waals surface area contributed by atoms with Crippen LogP contribution in [0.15, 0.2) is 78.1 Å². The van der Waals surface area contributed by atoms with Crippen LogP contribution < -0.4 is 4.90 Å². The SMILES string of the molecule is Cc1ccccc1/C=C(/C1=C(N2CCc3cccnc32)CCC1)c1ccccc1C. The molecule has 1 aromatic heterocycles. The zero-order valence-electron chi connectivity index (χ0n) is 17.9. The Morgan fingerprint density at radius 2 is 1.67 bits per heavy atom. The number of aryl methyl sites for hydroxylation is 2. The average molecular weight is 393 g/mol. The van der Waals surface area contributed by atoms with Gasteiger partial charge in [0.25, 0.3) is 0 Å². The first-order chi connectivity index (χ1) is 14.7. The van der Waals surface area contributed by atoms with Gasteiger partial charge in [0, 0.05) is 18.4 Å². The van der Waals surface area contributed by atoms with Crippen LogP contribution in [-0.2, 0) is 6.42 Å². The van der Waals surface area contributed by atoms with Crippen molar-refractivity contribution in [3.63, 3.8) is 0 Å². The molecule has 0 atom stereocenters. The molecule has 150 valence electrons. The van der Waals surface area contributed by atoms with Crippen molar-refractivity contribution in [1.82, 2.24) is 4.98 Å². The second-order valence-corrected chi connectivity index (χ2v) is 8.40. The molecule has 2 aliphatic rings. The summed E-state index contributed by atoms with van der Waals surface area (Å²) in [5.74, 6) is 1.16. The molecule has 1 aliphatic heterocycles. The molecule has 30 heavy (non-hydrogen) atoms. The molecule has 0 unspecified atom stereocenters. The van der Waals surface area contributed by atoms with Gasteiger partial charge in [-0.1, -0.05) is 54.6 Å². The zero-order valence-corrected chi connectivity index (χ0v) is 17.9. The van der Waals surface area contributed by atoms with Gasteiger partial charge in [0.1, 0.15) is 5.82 Å². The van der Waals surface area contributed by atoms with Gasteiger partial charge in [0.15, 0.2) is 0 Å². The number of fused-ring (bicyclic) bond motifs is 1. The number of benzene rings is 2. The Labute approximate surface area is 179 Å². The predicted octanol–water partition coefficient (Wildman–Crippen LogP) is 6.74. The Kier molecular flexibility index (Phi) is 5.00. The van der Waals surface area contributed by atoms with Gasteiger partial charge >= 0.3 is 0 Å². The second kappa shape index (κ2) is 7.95. The lowest BCUT2D eigenvalue weighted by Gasteiger charge is -2.23. The van der Waals surface area contributed by atoms with Crippen LogP contribution in [0.5, 0.6) is 0 Å². The van der Waals surface area contributed by atoms with Gasteiger partial charge in [-0.05, 0) is 90.6 Å². The number of nitrogens with zero attached hydrogens (tertiary/aromatic N) is 2. The molecule has 0 fully saturated rings. The predicted molar refractivity (Wildman–Crippen MR) is 126 cm³/mol. The largest absolute Gasteiger partial charge is 0.329 e. The van der Waals surface area contributed by atoms with E-state index in [4.69, 9.17) is 4.98 Å². The number of pyridine rings is 1. The third-order valence-corrected chi connectivity index (χ3v) is 6.49. The van der Waals surface area contributed by atoms with Gasteiger partial charge in [0.05, 0.1) is 0 Å². The van der Waals surface area contributed by atoms with Crippen LogP contribution in [0.25, 0.3) is 11.6 Å². The van der Waals surface area contributed by atoms with Crippen LogP contribution >= 0.6 is 0 Å². The highest BCUT2D eigenvalue weighted by Crippen LogP contribution is 2.43. The molecule has 1 aliphatic carbocycles. The summed E-state index contributed by atoms with van der Waals surface area (Å²) in [5, 5.41) is 0. The Hall–Kier alpha value is -3.13. The van der Waals surface area contributed by atoms with Crippen LogP contribution in [0.1, 0.15) is 47.1 Å². The maximum atomic E-state index is 4.74. The minimum Gasteiger partial charge on any atom is -0.329 e. The van der Waals surface area contributed by atoms with Crippen LogP contribution in [0.2, 0.25) is 0 Å². The second-order valence-electron chi connectivity index (χ2n) is 8.40. The van der Waals surface area contributed by atoms with Crippen molar-refractivity contribution in [2.45, 2.75) is 39.5 Å². The molecule has 0 amide bonds. The third kappa shape index (κ3) is 3.37. The fraction of sp³-hybridized carbons (Fsp3) is 0.250. The van der Waals surface area contributed by atoms with Crippen molar-refractivity contribution in [1.29, 1.82) is 0 Å². The minimum atomic E-state index is 1.04. The summed E-state index contributed by atoms with van der Waals surface area (Å²) in [7, 11) is 0. The molecular weight excluding hydrogens is 364 g/mol. The highest BCUT2D eigenvalue weighted by atomic mass is 15.2. The Morgan fingerprint density at radius 3 is 2.50 bits per heavy atom. The van der Waals surface area contributed by atoms with Crippen molar-refractivity contribution >= 4 is 17.5 Å². The fourth-order valence-electron chi connectivity index (χ4n) is 4.89. The lowest BCUT2D eigenvalue weighted by Crippen LogP contribution is -2.20. The summed E-state index contributed by atoms with van der Waals surface area (Å²) in [6, 6.07) is 21.8. The van der Waals surface area contributed by atoms with Crippen molar-refractivity contribution in [2.75, 3.05) is 11.4 Å². The first-order valence-corrected chi connectivity index (χ1v) is 11.0. The van der Waals surface area contributed by atoms with Gasteiger partial charge in [-0.2, -0.15) is 0 Å². The highest BCUT2D eigenvalue weighted by Gasteiger charge is 2.29. The smallest absolute Gasteiger partial charge is 0.135 e. The highest BCUT2D eigenvalue weighted by molar-refractivity contribution is 5.93. The molecule has 2 nitrogen and oxygen atoms in total. The molecule has 0 bridgehead atoms. The molecule has 3 aromatic rings. The van der Waals surface area contributed by atoms with E-state index in [-0.39, 0.29) is 0 Å². The van der Waals surface area contributed by atoms with Gasteiger partial charge < -0.3 is 4.90 Å². The topological polar surface area (TPSA) is 16.1 Å². The molecule has 0 radical (unpaired) electrons. The lowest BCUT2D eigenvalue weighted by atomic mass is 9.90. The Bertz CT molecular complexity index is 1150. The Morgan fingerprint density at radius 1 is 0.867 bits per heavy atom. The van der Waals surface area contributed by atoms with Crippen LogP contribution in [0.4, 0.5) is 5.82 Å². The molecule has 0 N–H and O–H groups in total. The number of hydrogen-bond acceptors (Lipinski definition) is 2. The van der Waals surface area contributed by atoms with E-state index in [1.165, 1.54) is 51.1 Å². The van der Waals surface area contributed by atoms with Crippen LogP contribution in [-0.4, -0.2) is 11.5 Å². The number of allylic oxidation sites excluding steroid dienone is 3. The summed E-state index contributed by atoms with van der Waals surface area (Å²) in [5.41, 5.74) is 11.0. The van der Waals surface area contributed by atoms with E-state index in [0.717, 1.165) is 31.6 Å². The zero-order chi connectivity index (χ0) is 20.5. The number of rotatable bonds is 4. The van der Waals surface area contributed by atoms with Gasteiger partial charge in [-0.25, -0.2) is 4.98 Å². The molecule has 2 aromatic carbocycles. The quantitative estimate of drug-likeness (QED) is 0.457. The summed E-state index contributed by atoms with van der Waals surface area (Å²) in [6.07, 6.45) is 8.88. The van der Waals surface area contributed by atoms with Gasteiger partial charge in [-0.15, -0.1) is 0 Å². The van der Waals surface area contributed by atoms with E-state index >= 15 is 0 Å². The third-order valence-electron chi connectivity index (χ3n) is 6.49. The van der Waals surface area contributed by atoms with Crippen molar-refractivity contribution in [3.8, 4) is 0 Å². The standard InChI is InChI=1S/C28H28N2/c1-20-9-3-5-11-23(20)19-26(24-13-6-4-10-21(24)2)25-14-7-15-27(25)30-18-16-22-12-8-17-29-28(22)30/h3-6,8-13,17,19H,7,14-16,18H2,1-2H3/b26-19+. The molecular formula is C28H28N2. The first kappa shape index (κ1) is 18.9. The molecule has 0 saturated carbocycles. The summed E-state index contributed by atoms with van der Waals surface area (Å²) in [6.45, 7) is 5.46. The maximum Gasteiger partial charge on any atom is 0.135 e. The lowest BCUT2D eigenvalue weighted by molar-refractivity contribution is 0.846. The van der Waals surface area contributed by atoms with E-state index in [1.807, 2.05) is 6.20 Å². The van der Waals surface area contributed by atoms with Crippen molar-refractivity contribution in [2.24, 2.45) is 0 Å². The van der Waals surface area contributed by atoms with E-state index < -0.39 is 0 Å². The molecule has 0 spiro atoms. The maximum absolute atomic E-state index is 4.74. The van der Waals surface area contributed by atoms with Gasteiger partial charge in [0.2, 0.25) is 0 Å². The summed E-state index contributed by atoms with van der Waals surface area (Å²) >= 11 is 0. The molecule has 0 saturated heterocycles.